The van der Waals surface area contributed by atoms with Crippen LogP contribution in [0.5, 0.6) is 5.75 Å². The molecule has 152 valence electrons. The predicted octanol–water partition coefficient (Wildman–Crippen LogP) is 2.84. The van der Waals surface area contributed by atoms with Gasteiger partial charge in [-0.3, -0.25) is 4.79 Å². The number of nitrogens with zero attached hydrogens (tertiary/aromatic N) is 1. The van der Waals surface area contributed by atoms with Crippen molar-refractivity contribution in [2.75, 3.05) is 19.7 Å². The molecule has 2 aromatic carbocycles. The van der Waals surface area contributed by atoms with Crippen molar-refractivity contribution in [3.05, 3.63) is 60.2 Å². The summed E-state index contributed by atoms with van der Waals surface area (Å²) >= 11 is 0. The van der Waals surface area contributed by atoms with Crippen LogP contribution in [0.2, 0.25) is 0 Å². The van der Waals surface area contributed by atoms with Crippen molar-refractivity contribution >= 4 is 15.9 Å². The molecule has 0 aromatic heterocycles. The largest absolute Gasteiger partial charge is 0.494 e. The Bertz CT molecular complexity index is 848. The highest BCUT2D eigenvalue weighted by Gasteiger charge is 2.28. The van der Waals surface area contributed by atoms with Crippen LogP contribution in [0, 0.1) is 0 Å². The van der Waals surface area contributed by atoms with E-state index in [4.69, 9.17) is 4.74 Å². The van der Waals surface area contributed by atoms with E-state index in [2.05, 4.69) is 4.72 Å². The lowest BCUT2D eigenvalue weighted by Crippen LogP contribution is -2.49. The molecule has 1 atom stereocenters. The van der Waals surface area contributed by atoms with Gasteiger partial charge in [0.1, 0.15) is 11.8 Å². The lowest BCUT2D eigenvalue weighted by atomic mass is 10.1. The number of carbonyl (C=O) groups is 1. The van der Waals surface area contributed by atoms with Crippen LogP contribution in [0.1, 0.15) is 26.3 Å². The fourth-order valence-electron chi connectivity index (χ4n) is 2.92. The number of amides is 1. The number of hydrogen-bond donors (Lipinski definition) is 1. The molecule has 1 amide bonds. The monoisotopic (exact) mass is 404 g/mol. The highest BCUT2D eigenvalue weighted by atomic mass is 32.2. The Morgan fingerprint density at radius 3 is 2.14 bits per heavy atom. The Balaban J connectivity index is 2.27. The Labute approximate surface area is 167 Å². The van der Waals surface area contributed by atoms with E-state index in [1.54, 1.807) is 17.0 Å². The van der Waals surface area contributed by atoms with Crippen LogP contribution in [0.25, 0.3) is 0 Å². The smallest absolute Gasteiger partial charge is 0.241 e. The fourth-order valence-corrected chi connectivity index (χ4v) is 4.11. The van der Waals surface area contributed by atoms with E-state index in [1.165, 1.54) is 12.1 Å². The Hall–Kier alpha value is -2.38. The first kappa shape index (κ1) is 21.9. The molecular formula is C21H28N2O4S. The molecular weight excluding hydrogens is 376 g/mol. The van der Waals surface area contributed by atoms with Crippen molar-refractivity contribution in [1.82, 2.24) is 9.62 Å². The number of ether oxygens (including phenoxy) is 1. The van der Waals surface area contributed by atoms with Crippen molar-refractivity contribution in [2.45, 2.75) is 38.1 Å². The van der Waals surface area contributed by atoms with Gasteiger partial charge in [-0.2, -0.15) is 4.72 Å². The normalized spacial score (nSPS) is 12.4. The average molecular weight is 405 g/mol. The van der Waals surface area contributed by atoms with Crippen LogP contribution in [0.4, 0.5) is 0 Å². The van der Waals surface area contributed by atoms with Gasteiger partial charge in [-0.1, -0.05) is 30.3 Å². The lowest BCUT2D eigenvalue weighted by molar-refractivity contribution is -0.132. The predicted molar refractivity (Wildman–Crippen MR) is 110 cm³/mol. The molecule has 2 aromatic rings. The third kappa shape index (κ3) is 5.81. The van der Waals surface area contributed by atoms with Gasteiger partial charge in [-0.15, -0.1) is 0 Å². The molecule has 0 saturated heterocycles. The molecule has 7 heteroatoms. The summed E-state index contributed by atoms with van der Waals surface area (Å²) in [4.78, 5) is 14.7. The molecule has 2 rings (SSSR count). The molecule has 0 spiro atoms. The van der Waals surface area contributed by atoms with E-state index in [9.17, 15) is 13.2 Å². The summed E-state index contributed by atoms with van der Waals surface area (Å²) in [6, 6.07) is 14.7. The summed E-state index contributed by atoms with van der Waals surface area (Å²) in [6.45, 7) is 7.15. The van der Waals surface area contributed by atoms with Gasteiger partial charge in [0.2, 0.25) is 15.9 Å². The lowest BCUT2D eigenvalue weighted by Gasteiger charge is -2.26. The van der Waals surface area contributed by atoms with Gasteiger partial charge in [0.25, 0.3) is 0 Å². The van der Waals surface area contributed by atoms with Crippen molar-refractivity contribution < 1.29 is 17.9 Å². The van der Waals surface area contributed by atoms with Crippen molar-refractivity contribution in [1.29, 1.82) is 0 Å². The standard InChI is InChI=1S/C21H28N2O4S/c1-4-23(5-2)21(24)20(16-17-10-8-7-9-11-17)22-28(25,26)19-14-12-18(13-15-19)27-6-3/h7-15,20,22H,4-6,16H2,1-3H3. The van der Waals surface area contributed by atoms with Crippen LogP contribution in [-0.4, -0.2) is 45.0 Å². The Kier molecular flexibility index (Phi) is 8.02. The molecule has 1 N–H and O–H groups in total. The molecule has 0 aliphatic carbocycles. The minimum Gasteiger partial charge on any atom is -0.494 e. The number of likely N-dealkylation sites (N-methyl/N-ethyl adjacent to an activating group) is 1. The molecule has 0 heterocycles. The van der Waals surface area contributed by atoms with Gasteiger partial charge < -0.3 is 9.64 Å². The summed E-state index contributed by atoms with van der Waals surface area (Å²) in [5.41, 5.74) is 0.891. The second-order valence-electron chi connectivity index (χ2n) is 6.28. The molecule has 0 saturated carbocycles. The van der Waals surface area contributed by atoms with Gasteiger partial charge in [-0.05, 0) is 57.0 Å². The number of hydrogen-bond acceptors (Lipinski definition) is 4. The minimum atomic E-state index is -3.86. The van der Waals surface area contributed by atoms with Gasteiger partial charge in [0, 0.05) is 13.1 Å². The quantitative estimate of drug-likeness (QED) is 0.661. The third-order valence-electron chi connectivity index (χ3n) is 4.40. The zero-order chi connectivity index (χ0) is 20.6. The molecule has 0 bridgehead atoms. The van der Waals surface area contributed by atoms with Crippen LogP contribution in [-0.2, 0) is 21.2 Å². The van der Waals surface area contributed by atoms with E-state index < -0.39 is 16.1 Å². The number of sulfonamides is 1. The zero-order valence-corrected chi connectivity index (χ0v) is 17.4. The van der Waals surface area contributed by atoms with Crippen LogP contribution in [0.3, 0.4) is 0 Å². The molecule has 0 aliphatic heterocycles. The van der Waals surface area contributed by atoms with Gasteiger partial charge in [-0.25, -0.2) is 8.42 Å². The van der Waals surface area contributed by atoms with E-state index in [0.29, 0.717) is 25.4 Å². The maximum absolute atomic E-state index is 12.9. The van der Waals surface area contributed by atoms with E-state index >= 15 is 0 Å². The van der Waals surface area contributed by atoms with E-state index in [-0.39, 0.29) is 17.2 Å². The SMILES string of the molecule is CCOc1ccc(S(=O)(=O)NC(Cc2ccccc2)C(=O)N(CC)CC)cc1. The molecule has 0 radical (unpaired) electrons. The first-order chi connectivity index (χ1) is 13.4. The highest BCUT2D eigenvalue weighted by molar-refractivity contribution is 7.89. The topological polar surface area (TPSA) is 75.7 Å². The Morgan fingerprint density at radius 2 is 1.61 bits per heavy atom. The molecule has 0 fully saturated rings. The first-order valence-electron chi connectivity index (χ1n) is 9.49. The minimum absolute atomic E-state index is 0.0985. The van der Waals surface area contributed by atoms with Crippen molar-refractivity contribution in [3.8, 4) is 5.75 Å². The third-order valence-corrected chi connectivity index (χ3v) is 5.89. The van der Waals surface area contributed by atoms with Crippen LogP contribution < -0.4 is 9.46 Å². The van der Waals surface area contributed by atoms with Crippen LogP contribution in [0.15, 0.2) is 59.5 Å². The average Bonchev–Trinajstić information content (AvgIpc) is 2.69. The molecule has 0 aliphatic rings. The molecule has 28 heavy (non-hydrogen) atoms. The van der Waals surface area contributed by atoms with Gasteiger partial charge >= 0.3 is 0 Å². The summed E-state index contributed by atoms with van der Waals surface area (Å²) < 4.78 is 33.7. The van der Waals surface area contributed by atoms with Gasteiger partial charge in [0.05, 0.1) is 11.5 Å². The molecule has 6 nitrogen and oxygen atoms in total. The maximum atomic E-state index is 12.9. The Morgan fingerprint density at radius 1 is 1.00 bits per heavy atom. The number of carbonyl (C=O) groups excluding carboxylic acids is 1. The fraction of sp³-hybridized carbons (Fsp3) is 0.381. The second-order valence-corrected chi connectivity index (χ2v) is 7.99. The molecule has 1 unspecified atom stereocenters. The number of rotatable bonds is 10. The van der Waals surface area contributed by atoms with E-state index in [1.807, 2.05) is 51.1 Å². The van der Waals surface area contributed by atoms with Crippen LogP contribution >= 0.6 is 0 Å². The van der Waals surface area contributed by atoms with Crippen molar-refractivity contribution in [3.63, 3.8) is 0 Å². The maximum Gasteiger partial charge on any atom is 0.241 e. The van der Waals surface area contributed by atoms with Crippen molar-refractivity contribution in [2.24, 2.45) is 0 Å². The highest BCUT2D eigenvalue weighted by Crippen LogP contribution is 2.17. The number of benzene rings is 2. The second kappa shape index (κ2) is 10.2. The van der Waals surface area contributed by atoms with E-state index in [0.717, 1.165) is 5.56 Å². The summed E-state index contributed by atoms with van der Waals surface area (Å²) in [6.07, 6.45) is 0.284. The number of nitrogens with one attached hydrogen (secondary N) is 1. The summed E-state index contributed by atoms with van der Waals surface area (Å²) in [7, 11) is -3.86. The van der Waals surface area contributed by atoms with Gasteiger partial charge in [0.15, 0.2) is 0 Å². The first-order valence-corrected chi connectivity index (χ1v) is 11.0. The summed E-state index contributed by atoms with van der Waals surface area (Å²) in [5.74, 6) is 0.366. The zero-order valence-electron chi connectivity index (χ0n) is 16.6. The summed E-state index contributed by atoms with van der Waals surface area (Å²) in [5, 5.41) is 0.